The molecule has 5 heteroatoms. The Morgan fingerprint density at radius 2 is 1.80 bits per heavy atom. The maximum absolute atomic E-state index is 12.3. The number of fused-ring (bicyclic) bond motifs is 1. The van der Waals surface area contributed by atoms with E-state index < -0.39 is 0 Å². The van der Waals surface area contributed by atoms with Gasteiger partial charge in [-0.25, -0.2) is 0 Å². The lowest BCUT2D eigenvalue weighted by Gasteiger charge is -2.18. The molecule has 0 radical (unpaired) electrons. The van der Waals surface area contributed by atoms with E-state index in [-0.39, 0.29) is 17.7 Å². The maximum Gasteiger partial charge on any atom is 0.223 e. The Labute approximate surface area is 147 Å². The van der Waals surface area contributed by atoms with Gasteiger partial charge in [0.15, 0.2) is 11.5 Å². The predicted molar refractivity (Wildman–Crippen MR) is 96.2 cm³/mol. The lowest BCUT2D eigenvalue weighted by Crippen LogP contribution is -2.30. The molecule has 130 valence electrons. The molecule has 0 saturated heterocycles. The van der Waals surface area contributed by atoms with Gasteiger partial charge in [0.25, 0.3) is 0 Å². The third-order valence-electron chi connectivity index (χ3n) is 4.65. The van der Waals surface area contributed by atoms with Gasteiger partial charge in [0.1, 0.15) is 13.2 Å². The van der Waals surface area contributed by atoms with Crippen LogP contribution in [0.2, 0.25) is 0 Å². The topological polar surface area (TPSA) is 59.6 Å². The van der Waals surface area contributed by atoms with Crippen molar-refractivity contribution in [3.63, 3.8) is 0 Å². The van der Waals surface area contributed by atoms with Crippen molar-refractivity contribution in [2.75, 3.05) is 31.6 Å². The Morgan fingerprint density at radius 1 is 1.00 bits per heavy atom. The average Bonchev–Trinajstić information content (AvgIpc) is 3.46. The van der Waals surface area contributed by atoms with E-state index in [0.29, 0.717) is 19.8 Å². The highest BCUT2D eigenvalue weighted by atomic mass is 16.6. The van der Waals surface area contributed by atoms with Crippen molar-refractivity contribution in [2.24, 2.45) is 5.92 Å². The normalized spacial score (nSPS) is 20.6. The molecule has 2 aromatic rings. The monoisotopic (exact) mass is 338 g/mol. The van der Waals surface area contributed by atoms with Crippen LogP contribution in [0.1, 0.15) is 17.9 Å². The first-order chi connectivity index (χ1) is 12.3. The Kier molecular flexibility index (Phi) is 4.46. The number of anilines is 1. The molecule has 2 N–H and O–H groups in total. The van der Waals surface area contributed by atoms with Crippen LogP contribution in [0.3, 0.4) is 0 Å². The Balaban J connectivity index is 1.24. The van der Waals surface area contributed by atoms with Crippen molar-refractivity contribution in [1.29, 1.82) is 0 Å². The SMILES string of the molecule is O=C(NCCNc1ccccc1)C1CC1c1ccc2c(c1)OCCO2. The van der Waals surface area contributed by atoms with Gasteiger partial charge >= 0.3 is 0 Å². The van der Waals surface area contributed by atoms with Crippen LogP contribution in [0, 0.1) is 5.92 Å². The summed E-state index contributed by atoms with van der Waals surface area (Å²) in [5, 5.41) is 6.31. The van der Waals surface area contributed by atoms with Crippen molar-refractivity contribution < 1.29 is 14.3 Å². The van der Waals surface area contributed by atoms with E-state index in [9.17, 15) is 4.79 Å². The lowest BCUT2D eigenvalue weighted by molar-refractivity contribution is -0.122. The molecule has 2 aliphatic rings. The molecule has 1 aliphatic heterocycles. The summed E-state index contributed by atoms with van der Waals surface area (Å²) < 4.78 is 11.2. The van der Waals surface area contributed by atoms with Gasteiger partial charge in [-0.05, 0) is 42.2 Å². The minimum Gasteiger partial charge on any atom is -0.486 e. The van der Waals surface area contributed by atoms with Gasteiger partial charge < -0.3 is 20.1 Å². The molecule has 0 aromatic heterocycles. The van der Waals surface area contributed by atoms with Crippen LogP contribution in [-0.4, -0.2) is 32.2 Å². The number of carbonyl (C=O) groups excluding carboxylic acids is 1. The van der Waals surface area contributed by atoms with Crippen LogP contribution >= 0.6 is 0 Å². The predicted octanol–water partition coefficient (Wildman–Crippen LogP) is 2.79. The summed E-state index contributed by atoms with van der Waals surface area (Å²) in [6.07, 6.45) is 0.900. The molecule has 2 atom stereocenters. The second-order valence-electron chi connectivity index (χ2n) is 6.44. The van der Waals surface area contributed by atoms with Gasteiger partial charge in [-0.3, -0.25) is 4.79 Å². The lowest BCUT2D eigenvalue weighted by atomic mass is 10.1. The van der Waals surface area contributed by atoms with Crippen LogP contribution in [0.25, 0.3) is 0 Å². The molecular weight excluding hydrogens is 316 g/mol. The Morgan fingerprint density at radius 3 is 2.64 bits per heavy atom. The van der Waals surface area contributed by atoms with Gasteiger partial charge in [-0.2, -0.15) is 0 Å². The molecule has 1 heterocycles. The Bertz CT molecular complexity index is 748. The fraction of sp³-hybridized carbons (Fsp3) is 0.350. The molecule has 1 amide bonds. The highest BCUT2D eigenvalue weighted by Gasteiger charge is 2.44. The van der Waals surface area contributed by atoms with Crippen LogP contribution in [-0.2, 0) is 4.79 Å². The summed E-state index contributed by atoms with van der Waals surface area (Å²) in [6, 6.07) is 16.0. The van der Waals surface area contributed by atoms with Crippen LogP contribution in [0.4, 0.5) is 5.69 Å². The second-order valence-corrected chi connectivity index (χ2v) is 6.44. The summed E-state index contributed by atoms with van der Waals surface area (Å²) in [7, 11) is 0. The van der Waals surface area contributed by atoms with E-state index in [0.717, 1.165) is 35.7 Å². The highest BCUT2D eigenvalue weighted by molar-refractivity contribution is 5.83. The molecule has 1 saturated carbocycles. The minimum absolute atomic E-state index is 0.0688. The molecular formula is C20H22N2O3. The minimum atomic E-state index is 0.0688. The molecule has 1 aliphatic carbocycles. The summed E-state index contributed by atoms with van der Waals surface area (Å²) in [6.45, 7) is 2.52. The number of hydrogen-bond acceptors (Lipinski definition) is 4. The molecule has 4 rings (SSSR count). The Hall–Kier alpha value is -2.69. The molecule has 5 nitrogen and oxygen atoms in total. The maximum atomic E-state index is 12.3. The third-order valence-corrected chi connectivity index (χ3v) is 4.65. The van der Waals surface area contributed by atoms with Gasteiger partial charge in [0.05, 0.1) is 0 Å². The fourth-order valence-electron chi connectivity index (χ4n) is 3.22. The average molecular weight is 338 g/mol. The second kappa shape index (κ2) is 7.05. The van der Waals surface area contributed by atoms with Gasteiger partial charge in [-0.1, -0.05) is 24.3 Å². The number of para-hydroxylation sites is 1. The molecule has 1 fully saturated rings. The van der Waals surface area contributed by atoms with Crippen LogP contribution in [0.5, 0.6) is 11.5 Å². The summed E-state index contributed by atoms with van der Waals surface area (Å²) in [5.74, 6) is 2.08. The smallest absolute Gasteiger partial charge is 0.223 e. The third kappa shape index (κ3) is 3.71. The molecule has 0 spiro atoms. The quantitative estimate of drug-likeness (QED) is 0.795. The summed E-state index contributed by atoms with van der Waals surface area (Å²) in [5.41, 5.74) is 2.23. The molecule has 0 bridgehead atoms. The number of rotatable bonds is 6. The van der Waals surface area contributed by atoms with Crippen molar-refractivity contribution in [2.45, 2.75) is 12.3 Å². The van der Waals surface area contributed by atoms with E-state index in [1.165, 1.54) is 0 Å². The van der Waals surface area contributed by atoms with Crippen LogP contribution in [0.15, 0.2) is 48.5 Å². The van der Waals surface area contributed by atoms with Gasteiger partial charge in [0, 0.05) is 24.7 Å². The number of hydrogen-bond donors (Lipinski definition) is 2. The summed E-state index contributed by atoms with van der Waals surface area (Å²) in [4.78, 5) is 12.3. The zero-order valence-corrected chi connectivity index (χ0v) is 14.0. The first-order valence-electron chi connectivity index (χ1n) is 8.77. The highest BCUT2D eigenvalue weighted by Crippen LogP contribution is 2.49. The van der Waals surface area contributed by atoms with Crippen molar-refractivity contribution in [1.82, 2.24) is 5.32 Å². The van der Waals surface area contributed by atoms with E-state index in [1.54, 1.807) is 0 Å². The first-order valence-corrected chi connectivity index (χ1v) is 8.77. The van der Waals surface area contributed by atoms with E-state index >= 15 is 0 Å². The number of ether oxygens (including phenoxy) is 2. The number of benzene rings is 2. The van der Waals surface area contributed by atoms with E-state index in [4.69, 9.17) is 9.47 Å². The van der Waals surface area contributed by atoms with E-state index in [2.05, 4.69) is 10.6 Å². The molecule has 2 unspecified atom stereocenters. The molecule has 25 heavy (non-hydrogen) atoms. The van der Waals surface area contributed by atoms with Gasteiger partial charge in [-0.15, -0.1) is 0 Å². The zero-order chi connectivity index (χ0) is 17.1. The summed E-state index contributed by atoms with van der Waals surface area (Å²) >= 11 is 0. The van der Waals surface area contributed by atoms with Gasteiger partial charge in [0.2, 0.25) is 5.91 Å². The standard InChI is InChI=1S/C20H22N2O3/c23-20(22-9-8-21-15-4-2-1-3-5-15)17-13-16(17)14-6-7-18-19(12-14)25-11-10-24-18/h1-7,12,16-17,21H,8-11,13H2,(H,22,23). The molecule has 2 aromatic carbocycles. The number of carbonyl (C=O) groups is 1. The van der Waals surface area contributed by atoms with Crippen molar-refractivity contribution in [3.8, 4) is 11.5 Å². The zero-order valence-electron chi connectivity index (χ0n) is 14.0. The van der Waals surface area contributed by atoms with Crippen LogP contribution < -0.4 is 20.1 Å². The van der Waals surface area contributed by atoms with Crippen molar-refractivity contribution in [3.05, 3.63) is 54.1 Å². The number of nitrogens with one attached hydrogen (secondary N) is 2. The van der Waals surface area contributed by atoms with Crippen molar-refractivity contribution >= 4 is 11.6 Å². The fourth-order valence-corrected chi connectivity index (χ4v) is 3.22. The first kappa shape index (κ1) is 15.8. The number of amides is 1. The van der Waals surface area contributed by atoms with E-state index in [1.807, 2.05) is 48.5 Å². The largest absolute Gasteiger partial charge is 0.486 e.